The first kappa shape index (κ1) is 14.1. The number of thioether (sulfide) groups is 1. The van der Waals surface area contributed by atoms with Crippen molar-refractivity contribution in [3.63, 3.8) is 0 Å². The number of hydrogen-bond acceptors (Lipinski definition) is 4. The quantitative estimate of drug-likeness (QED) is 0.824. The van der Waals surface area contributed by atoms with Gasteiger partial charge in [0.15, 0.2) is 0 Å². The van der Waals surface area contributed by atoms with E-state index in [0.717, 1.165) is 18.7 Å². The molecule has 19 heavy (non-hydrogen) atoms. The Balaban J connectivity index is 2.28. The fraction of sp³-hybridized carbons (Fsp3) is 0.429. The lowest BCUT2D eigenvalue weighted by atomic mass is 10.0. The summed E-state index contributed by atoms with van der Waals surface area (Å²) < 4.78 is 1.83. The second kappa shape index (κ2) is 6.73. The molecule has 0 saturated heterocycles. The van der Waals surface area contributed by atoms with E-state index in [0.29, 0.717) is 0 Å². The third-order valence-corrected chi connectivity index (χ3v) is 3.84. The van der Waals surface area contributed by atoms with Crippen LogP contribution in [0, 0.1) is 0 Å². The van der Waals surface area contributed by atoms with Crippen molar-refractivity contribution in [2.24, 2.45) is 7.05 Å². The lowest BCUT2D eigenvalue weighted by molar-refractivity contribution is 0.550. The molecule has 1 unspecified atom stereocenters. The van der Waals surface area contributed by atoms with Crippen molar-refractivity contribution >= 4 is 11.8 Å². The summed E-state index contributed by atoms with van der Waals surface area (Å²) in [4.78, 5) is 1.28. The van der Waals surface area contributed by atoms with Crippen LogP contribution in [0.15, 0.2) is 35.4 Å². The summed E-state index contributed by atoms with van der Waals surface area (Å²) >= 11 is 1.76. The molecule has 0 bridgehead atoms. The molecular formula is C14H20N4S. The predicted octanol–water partition coefficient (Wildman–Crippen LogP) is 2.63. The lowest BCUT2D eigenvalue weighted by Crippen LogP contribution is -2.25. The highest BCUT2D eigenvalue weighted by molar-refractivity contribution is 7.98. The van der Waals surface area contributed by atoms with E-state index >= 15 is 0 Å². The molecule has 0 saturated carbocycles. The molecule has 1 heterocycles. The number of rotatable bonds is 6. The van der Waals surface area contributed by atoms with Gasteiger partial charge in [-0.3, -0.25) is 4.68 Å². The molecular weight excluding hydrogens is 256 g/mol. The first-order valence-corrected chi connectivity index (χ1v) is 7.70. The zero-order valence-corrected chi connectivity index (χ0v) is 12.4. The average Bonchev–Trinajstić information content (AvgIpc) is 2.86. The van der Waals surface area contributed by atoms with Crippen molar-refractivity contribution in [3.05, 3.63) is 41.7 Å². The minimum absolute atomic E-state index is 0.149. The molecule has 0 spiro atoms. The van der Waals surface area contributed by atoms with Gasteiger partial charge in [-0.15, -0.1) is 16.9 Å². The largest absolute Gasteiger partial charge is 0.305 e. The molecule has 0 radical (unpaired) electrons. The lowest BCUT2D eigenvalue weighted by Gasteiger charge is -2.19. The summed E-state index contributed by atoms with van der Waals surface area (Å²) in [5.41, 5.74) is 2.34. The minimum Gasteiger partial charge on any atom is -0.305 e. The van der Waals surface area contributed by atoms with E-state index in [4.69, 9.17) is 0 Å². The predicted molar refractivity (Wildman–Crippen MR) is 79.4 cm³/mol. The molecule has 4 nitrogen and oxygen atoms in total. The summed E-state index contributed by atoms with van der Waals surface area (Å²) in [6.45, 7) is 3.14. The van der Waals surface area contributed by atoms with Crippen LogP contribution in [0.4, 0.5) is 0 Å². The monoisotopic (exact) mass is 276 g/mol. The highest BCUT2D eigenvalue weighted by atomic mass is 32.2. The Morgan fingerprint density at radius 2 is 2.05 bits per heavy atom. The number of hydrogen-bond donors (Lipinski definition) is 1. The maximum atomic E-state index is 4.03. The molecule has 1 aromatic carbocycles. The summed E-state index contributed by atoms with van der Waals surface area (Å²) in [6, 6.07) is 8.81. The average molecular weight is 276 g/mol. The second-order valence-electron chi connectivity index (χ2n) is 4.44. The van der Waals surface area contributed by atoms with Gasteiger partial charge in [-0.2, -0.15) is 0 Å². The van der Waals surface area contributed by atoms with Crippen LogP contribution >= 0.6 is 11.8 Å². The molecule has 2 aromatic rings. The number of nitrogens with one attached hydrogen (secondary N) is 1. The molecule has 1 atom stereocenters. The highest BCUT2D eigenvalue weighted by Gasteiger charge is 2.17. The number of nitrogens with zero attached hydrogens (tertiary/aromatic N) is 3. The van der Waals surface area contributed by atoms with Crippen LogP contribution in [0.2, 0.25) is 0 Å². The van der Waals surface area contributed by atoms with E-state index in [2.05, 4.69) is 53.1 Å². The van der Waals surface area contributed by atoms with Crippen LogP contribution in [0.5, 0.6) is 0 Å². The molecule has 0 fully saturated rings. The van der Waals surface area contributed by atoms with Gasteiger partial charge < -0.3 is 5.32 Å². The summed E-state index contributed by atoms with van der Waals surface area (Å²) in [6.07, 6.45) is 5.02. The Morgan fingerprint density at radius 3 is 2.58 bits per heavy atom. The van der Waals surface area contributed by atoms with E-state index in [1.165, 1.54) is 10.5 Å². The maximum Gasteiger partial charge on any atom is 0.0798 e. The second-order valence-corrected chi connectivity index (χ2v) is 5.32. The first-order chi connectivity index (χ1) is 9.26. The first-order valence-electron chi connectivity index (χ1n) is 6.48. The van der Waals surface area contributed by atoms with Gasteiger partial charge in [-0.25, -0.2) is 0 Å². The Morgan fingerprint density at radius 1 is 1.32 bits per heavy atom. The third-order valence-electron chi connectivity index (χ3n) is 3.09. The standard InChI is InChI=1S/C14H20N4S/c1-4-9-15-14(13-10-16-17-18(13)2)11-5-7-12(19-3)8-6-11/h5-8,10,14-15H,4,9H2,1-3H3. The Kier molecular flexibility index (Phi) is 4.99. The highest BCUT2D eigenvalue weighted by Crippen LogP contribution is 2.23. The number of aryl methyl sites for hydroxylation is 1. The van der Waals surface area contributed by atoms with Crippen LogP contribution in [0.3, 0.4) is 0 Å². The van der Waals surface area contributed by atoms with E-state index in [-0.39, 0.29) is 6.04 Å². The maximum absolute atomic E-state index is 4.03. The molecule has 0 aliphatic rings. The van der Waals surface area contributed by atoms with Crippen molar-refractivity contribution in [2.45, 2.75) is 24.3 Å². The normalized spacial score (nSPS) is 12.6. The molecule has 102 valence electrons. The fourth-order valence-electron chi connectivity index (χ4n) is 2.04. The molecule has 0 amide bonds. The van der Waals surface area contributed by atoms with Gasteiger partial charge in [0, 0.05) is 11.9 Å². The molecule has 1 N–H and O–H groups in total. The summed E-state index contributed by atoms with van der Waals surface area (Å²) in [5, 5.41) is 11.6. The van der Waals surface area contributed by atoms with Gasteiger partial charge >= 0.3 is 0 Å². The van der Waals surface area contributed by atoms with E-state index in [9.17, 15) is 0 Å². The van der Waals surface area contributed by atoms with Gasteiger partial charge in [0.1, 0.15) is 0 Å². The minimum atomic E-state index is 0.149. The van der Waals surface area contributed by atoms with Crippen LogP contribution in [0.25, 0.3) is 0 Å². The molecule has 5 heteroatoms. The van der Waals surface area contributed by atoms with Crippen LogP contribution < -0.4 is 5.32 Å². The van der Waals surface area contributed by atoms with E-state index in [1.54, 1.807) is 11.8 Å². The van der Waals surface area contributed by atoms with Gasteiger partial charge in [0.25, 0.3) is 0 Å². The topological polar surface area (TPSA) is 42.7 Å². The van der Waals surface area contributed by atoms with E-state index in [1.807, 2.05) is 17.9 Å². The van der Waals surface area contributed by atoms with Crippen LogP contribution in [-0.2, 0) is 7.05 Å². The Hall–Kier alpha value is -1.33. The van der Waals surface area contributed by atoms with Crippen molar-refractivity contribution in [3.8, 4) is 0 Å². The Bertz CT molecular complexity index is 506. The van der Waals surface area contributed by atoms with Gasteiger partial charge in [-0.1, -0.05) is 24.3 Å². The van der Waals surface area contributed by atoms with Crippen molar-refractivity contribution < 1.29 is 0 Å². The van der Waals surface area contributed by atoms with Crippen LogP contribution in [0.1, 0.15) is 30.6 Å². The summed E-state index contributed by atoms with van der Waals surface area (Å²) in [5.74, 6) is 0. The van der Waals surface area contributed by atoms with Crippen molar-refractivity contribution in [2.75, 3.05) is 12.8 Å². The van der Waals surface area contributed by atoms with Gasteiger partial charge in [0.05, 0.1) is 17.9 Å². The molecule has 1 aromatic heterocycles. The van der Waals surface area contributed by atoms with Gasteiger partial charge in [0.2, 0.25) is 0 Å². The molecule has 0 aliphatic carbocycles. The van der Waals surface area contributed by atoms with Gasteiger partial charge in [-0.05, 0) is 36.9 Å². The zero-order valence-electron chi connectivity index (χ0n) is 11.6. The SMILES string of the molecule is CCCNC(c1ccc(SC)cc1)c1cnnn1C. The molecule has 0 aliphatic heterocycles. The Labute approximate surface area is 118 Å². The smallest absolute Gasteiger partial charge is 0.0798 e. The fourth-order valence-corrected chi connectivity index (χ4v) is 2.45. The van der Waals surface area contributed by atoms with E-state index < -0.39 is 0 Å². The third kappa shape index (κ3) is 3.36. The van der Waals surface area contributed by atoms with Crippen molar-refractivity contribution in [1.29, 1.82) is 0 Å². The number of aromatic nitrogens is 3. The van der Waals surface area contributed by atoms with Crippen LogP contribution in [-0.4, -0.2) is 27.8 Å². The molecule has 2 rings (SSSR count). The summed E-state index contributed by atoms with van der Waals surface area (Å²) in [7, 11) is 1.93. The van der Waals surface area contributed by atoms with Crippen molar-refractivity contribution in [1.82, 2.24) is 20.3 Å². The number of benzene rings is 1. The zero-order chi connectivity index (χ0) is 13.7.